The zero-order valence-corrected chi connectivity index (χ0v) is 27.4. The van der Waals surface area contributed by atoms with Gasteiger partial charge in [0.05, 0.1) is 25.4 Å². The molecule has 0 spiro atoms. The molecule has 14 nitrogen and oxygen atoms in total. The van der Waals surface area contributed by atoms with Crippen LogP contribution in [0, 0.1) is 5.92 Å². The fourth-order valence-corrected chi connectivity index (χ4v) is 6.48. The molecule has 2 aliphatic heterocycles. The predicted molar refractivity (Wildman–Crippen MR) is 160 cm³/mol. The van der Waals surface area contributed by atoms with Crippen molar-refractivity contribution in [2.45, 2.75) is 115 Å². The number of hydrogen-bond acceptors (Lipinski definition) is 13. The van der Waals surface area contributed by atoms with Gasteiger partial charge in [0, 0.05) is 46.8 Å². The van der Waals surface area contributed by atoms with Gasteiger partial charge in [0.15, 0.2) is 12.1 Å². The molecule has 46 heavy (non-hydrogen) atoms. The van der Waals surface area contributed by atoms with E-state index in [4.69, 9.17) is 37.9 Å². The Kier molecular flexibility index (Phi) is 12.1. The number of fused-ring (bicyclic) bond motifs is 1. The normalized spacial score (nSPS) is 33.4. The van der Waals surface area contributed by atoms with Crippen molar-refractivity contribution in [1.82, 2.24) is 10.6 Å². The number of benzene rings is 1. The Morgan fingerprint density at radius 3 is 2.13 bits per heavy atom. The van der Waals surface area contributed by atoms with Crippen LogP contribution in [-0.4, -0.2) is 105 Å². The van der Waals surface area contributed by atoms with E-state index in [-0.39, 0.29) is 12.5 Å². The lowest BCUT2D eigenvalue weighted by Gasteiger charge is -2.49. The Morgan fingerprint density at radius 2 is 1.52 bits per heavy atom. The van der Waals surface area contributed by atoms with Gasteiger partial charge in [-0.15, -0.1) is 0 Å². The molecule has 1 aliphatic carbocycles. The van der Waals surface area contributed by atoms with Crippen LogP contribution in [0.4, 0.5) is 0 Å². The number of ether oxygens (including phenoxy) is 8. The van der Waals surface area contributed by atoms with Crippen molar-refractivity contribution in [3.8, 4) is 0 Å². The van der Waals surface area contributed by atoms with E-state index < -0.39 is 84.5 Å². The number of esters is 3. The van der Waals surface area contributed by atoms with Crippen molar-refractivity contribution in [1.29, 1.82) is 0 Å². The molecular weight excluding hydrogens is 604 g/mol. The molecule has 3 fully saturated rings. The van der Waals surface area contributed by atoms with E-state index in [2.05, 4.69) is 10.6 Å². The number of nitrogens with one attached hydrogen (secondary N) is 2. The van der Waals surface area contributed by atoms with Crippen LogP contribution in [0.2, 0.25) is 0 Å². The molecule has 256 valence electrons. The first-order chi connectivity index (χ1) is 21.8. The number of methoxy groups -OCH3 is 1. The zero-order valence-electron chi connectivity index (χ0n) is 27.4. The number of carbonyl (C=O) groups is 4. The lowest BCUT2D eigenvalue weighted by Crippen LogP contribution is -2.72. The summed E-state index contributed by atoms with van der Waals surface area (Å²) in [6, 6.07) is 7.36. The molecule has 0 bridgehead atoms. The highest BCUT2D eigenvalue weighted by Crippen LogP contribution is 2.42. The van der Waals surface area contributed by atoms with Crippen molar-refractivity contribution >= 4 is 23.8 Å². The largest absolute Gasteiger partial charge is 0.463 e. The minimum Gasteiger partial charge on any atom is -0.463 e. The second-order valence-electron chi connectivity index (χ2n) is 12.3. The molecule has 0 radical (unpaired) electrons. The Balaban J connectivity index is 1.68. The molecule has 1 saturated carbocycles. The van der Waals surface area contributed by atoms with Crippen molar-refractivity contribution in [2.24, 2.45) is 5.92 Å². The molecule has 14 heteroatoms. The summed E-state index contributed by atoms with van der Waals surface area (Å²) >= 11 is 0. The third-order valence-electron chi connectivity index (χ3n) is 8.12. The average Bonchev–Trinajstić information content (AvgIpc) is 3.31. The van der Waals surface area contributed by atoms with Crippen LogP contribution < -0.4 is 10.6 Å². The average molecular weight is 651 g/mol. The minimum absolute atomic E-state index is 0.207. The van der Waals surface area contributed by atoms with Crippen LogP contribution in [0.5, 0.6) is 0 Å². The van der Waals surface area contributed by atoms with Crippen LogP contribution in [0.3, 0.4) is 0 Å². The second kappa shape index (κ2) is 15.6. The molecule has 0 unspecified atom stereocenters. The molecule has 10 atom stereocenters. The highest BCUT2D eigenvalue weighted by Gasteiger charge is 2.57. The lowest BCUT2D eigenvalue weighted by molar-refractivity contribution is -0.246. The van der Waals surface area contributed by atoms with E-state index in [9.17, 15) is 19.2 Å². The second-order valence-corrected chi connectivity index (χ2v) is 12.3. The van der Waals surface area contributed by atoms with Crippen LogP contribution in [0.25, 0.3) is 0 Å². The van der Waals surface area contributed by atoms with Gasteiger partial charge in [-0.1, -0.05) is 30.3 Å². The van der Waals surface area contributed by atoms with Crippen LogP contribution in [0.15, 0.2) is 30.3 Å². The highest BCUT2D eigenvalue weighted by molar-refractivity contribution is 5.73. The standard InChI is InChI=1S/C32H46N2O12/c1-17(35)33-26-29(43-20(4)38)25(24(16-41-18(2)36)44-31(26)39-7)34-23-13-22(15-40-14-21-11-9-8-10-12-21)27-30(28(23)42-19(3)37)46-32(5,6)45-27/h8-12,22-31,34H,13-16H2,1-7H3,(H,33,35)/t22-,23-,24-,25-,26-,27+,28+,29+,30+,31-/m1/s1. The van der Waals surface area contributed by atoms with Crippen LogP contribution >= 0.6 is 0 Å². The van der Waals surface area contributed by atoms with Crippen molar-refractivity contribution in [3.63, 3.8) is 0 Å². The van der Waals surface area contributed by atoms with Gasteiger partial charge in [0.1, 0.15) is 37.1 Å². The van der Waals surface area contributed by atoms with E-state index in [1.165, 1.54) is 34.8 Å². The first-order valence-corrected chi connectivity index (χ1v) is 15.4. The zero-order chi connectivity index (χ0) is 33.6. The van der Waals surface area contributed by atoms with Gasteiger partial charge in [-0.05, 0) is 25.8 Å². The van der Waals surface area contributed by atoms with Gasteiger partial charge in [-0.25, -0.2) is 0 Å². The van der Waals surface area contributed by atoms with Gasteiger partial charge in [-0.3, -0.25) is 19.2 Å². The quantitative estimate of drug-likeness (QED) is 0.246. The molecule has 1 amide bonds. The monoisotopic (exact) mass is 650 g/mol. The Bertz CT molecular complexity index is 1210. The van der Waals surface area contributed by atoms with Crippen molar-refractivity contribution in [3.05, 3.63) is 35.9 Å². The van der Waals surface area contributed by atoms with Crippen LogP contribution in [-0.2, 0) is 63.7 Å². The summed E-state index contributed by atoms with van der Waals surface area (Å²) in [4.78, 5) is 48.9. The fraction of sp³-hybridized carbons (Fsp3) is 0.688. The summed E-state index contributed by atoms with van der Waals surface area (Å²) < 4.78 is 47.5. The number of amides is 1. The first kappa shape index (κ1) is 35.7. The Hall–Kier alpha value is -3.14. The summed E-state index contributed by atoms with van der Waals surface area (Å²) in [5.41, 5.74) is 1.01. The Labute approximate surface area is 269 Å². The van der Waals surface area contributed by atoms with E-state index in [1.54, 1.807) is 13.8 Å². The summed E-state index contributed by atoms with van der Waals surface area (Å²) in [7, 11) is 1.39. The molecule has 0 aromatic heterocycles. The SMILES string of the molecule is CO[C@@H]1O[C@H](COC(C)=O)[C@@H](N[C@@H]2C[C@H](COCc3ccccc3)[C@@H]3OC(C)(C)O[C@@H]3[C@H]2OC(C)=O)[C@H](OC(C)=O)[C@H]1NC(C)=O. The maximum absolute atomic E-state index is 12.4. The van der Waals surface area contributed by atoms with E-state index >= 15 is 0 Å². The first-order valence-electron chi connectivity index (χ1n) is 15.4. The van der Waals surface area contributed by atoms with Gasteiger partial charge < -0.3 is 48.5 Å². The predicted octanol–water partition coefficient (Wildman–Crippen LogP) is 1.37. The third kappa shape index (κ3) is 9.23. The van der Waals surface area contributed by atoms with Gasteiger partial charge in [-0.2, -0.15) is 0 Å². The van der Waals surface area contributed by atoms with E-state index in [0.717, 1.165) is 5.56 Å². The molecule has 4 rings (SSSR count). The summed E-state index contributed by atoms with van der Waals surface area (Å²) in [5.74, 6) is -3.26. The number of hydrogen-bond donors (Lipinski definition) is 2. The topological polar surface area (TPSA) is 166 Å². The Morgan fingerprint density at radius 1 is 0.870 bits per heavy atom. The molecule has 2 saturated heterocycles. The van der Waals surface area contributed by atoms with Gasteiger partial charge in [0.25, 0.3) is 0 Å². The molecule has 2 N–H and O–H groups in total. The smallest absolute Gasteiger partial charge is 0.303 e. The van der Waals surface area contributed by atoms with E-state index in [0.29, 0.717) is 19.6 Å². The third-order valence-corrected chi connectivity index (χ3v) is 8.12. The maximum Gasteiger partial charge on any atom is 0.303 e. The van der Waals surface area contributed by atoms with Crippen molar-refractivity contribution in [2.75, 3.05) is 20.3 Å². The molecule has 3 aliphatic rings. The van der Waals surface area contributed by atoms with Crippen molar-refractivity contribution < 1.29 is 57.1 Å². The van der Waals surface area contributed by atoms with E-state index in [1.807, 2.05) is 30.3 Å². The lowest BCUT2D eigenvalue weighted by atomic mass is 9.78. The van der Waals surface area contributed by atoms with Gasteiger partial charge >= 0.3 is 17.9 Å². The molecular formula is C32H46N2O12. The molecule has 2 heterocycles. The fourth-order valence-electron chi connectivity index (χ4n) is 6.48. The molecule has 1 aromatic carbocycles. The molecule has 1 aromatic rings. The maximum atomic E-state index is 12.4. The summed E-state index contributed by atoms with van der Waals surface area (Å²) in [5, 5.41) is 6.27. The number of rotatable bonds is 12. The summed E-state index contributed by atoms with van der Waals surface area (Å²) in [6.45, 7) is 9.22. The van der Waals surface area contributed by atoms with Crippen LogP contribution in [0.1, 0.15) is 53.5 Å². The number of carbonyl (C=O) groups excluding carboxylic acids is 4. The highest BCUT2D eigenvalue weighted by atomic mass is 16.8. The summed E-state index contributed by atoms with van der Waals surface area (Å²) in [6.07, 6.45) is -4.54. The van der Waals surface area contributed by atoms with Gasteiger partial charge in [0.2, 0.25) is 5.91 Å². The minimum atomic E-state index is -1.04.